The molecular weight excluding hydrogens is 667 g/mol. The van der Waals surface area contributed by atoms with Gasteiger partial charge >= 0.3 is 0 Å². The van der Waals surface area contributed by atoms with Gasteiger partial charge in [0, 0.05) is 32.8 Å². The smallest absolute Gasteiger partial charge is 0.164 e. The zero-order valence-electron chi connectivity index (χ0n) is 31.5. The zero-order chi connectivity index (χ0) is 37.4. The standard InChI is InChI=1S/C45H33B5N4O/c46-38-36(39(47)41(49)42(50)40(38)48)25-12-8-13-26(22-25)44-51-43(24-10-2-1-3-11-24)52-45(53-44)27-20-21-34-30(23-27)37-33(18-9-19-35(37)55-34)54-31-16-6-4-14-28(31)29-15-5-7-17-32(29)54/h1-23H,46-50H2. The van der Waals surface area contributed by atoms with E-state index in [1.54, 1.807) is 0 Å². The summed E-state index contributed by atoms with van der Waals surface area (Å²) in [5.74, 6) is 1.86. The van der Waals surface area contributed by atoms with Crippen molar-refractivity contribution in [1.29, 1.82) is 0 Å². The number of nitrogens with zero attached hydrogens (tertiary/aromatic N) is 4. The fraction of sp³-hybridized carbons (Fsp3) is 0. The van der Waals surface area contributed by atoms with Gasteiger partial charge in [0.1, 0.15) is 50.4 Å². The van der Waals surface area contributed by atoms with Gasteiger partial charge in [0.25, 0.3) is 0 Å². The van der Waals surface area contributed by atoms with Crippen LogP contribution in [0.5, 0.6) is 0 Å². The first-order valence-corrected chi connectivity index (χ1v) is 18.8. The monoisotopic (exact) mass is 700 g/mol. The molecule has 55 heavy (non-hydrogen) atoms. The largest absolute Gasteiger partial charge is 0.456 e. The Labute approximate surface area is 323 Å². The number of para-hydroxylation sites is 2. The van der Waals surface area contributed by atoms with Gasteiger partial charge in [0.2, 0.25) is 0 Å². The lowest BCUT2D eigenvalue weighted by atomic mass is 9.59. The summed E-state index contributed by atoms with van der Waals surface area (Å²) < 4.78 is 8.88. The molecule has 0 aliphatic rings. The van der Waals surface area contributed by atoms with Crippen LogP contribution in [0, 0.1) is 0 Å². The second-order valence-electron chi connectivity index (χ2n) is 14.6. The van der Waals surface area contributed by atoms with E-state index in [2.05, 4.69) is 153 Å². The van der Waals surface area contributed by atoms with Gasteiger partial charge in [-0.2, -0.15) is 0 Å². The Kier molecular flexibility index (Phi) is 7.70. The highest BCUT2D eigenvalue weighted by Crippen LogP contribution is 2.39. The SMILES string of the molecule is Bc1c(B)c(B)c(-c2cccc(-c3nc(-c4ccccc4)nc(-c4ccc5oc6cccc(-n7c8ccccc8c8ccccc87)c6c5c4)n3)c2)c(B)c1B. The molecule has 0 amide bonds. The van der Waals surface area contributed by atoms with Crippen molar-refractivity contribution >= 4 is 110 Å². The van der Waals surface area contributed by atoms with E-state index in [9.17, 15) is 0 Å². The maximum Gasteiger partial charge on any atom is 0.164 e. The second-order valence-corrected chi connectivity index (χ2v) is 14.6. The van der Waals surface area contributed by atoms with Crippen molar-refractivity contribution in [3.63, 3.8) is 0 Å². The van der Waals surface area contributed by atoms with Gasteiger partial charge in [-0.1, -0.05) is 102 Å². The van der Waals surface area contributed by atoms with Crippen molar-refractivity contribution < 1.29 is 4.42 Å². The van der Waals surface area contributed by atoms with E-state index in [1.165, 1.54) is 43.6 Å². The molecule has 10 rings (SSSR count). The molecule has 0 radical (unpaired) electrons. The fourth-order valence-corrected chi connectivity index (χ4v) is 8.41. The van der Waals surface area contributed by atoms with Crippen LogP contribution in [0.2, 0.25) is 0 Å². The summed E-state index contributed by atoms with van der Waals surface area (Å²) in [6, 6.07) is 48.6. The summed E-state index contributed by atoms with van der Waals surface area (Å²) in [5.41, 5.74) is 16.8. The van der Waals surface area contributed by atoms with Crippen LogP contribution in [0.1, 0.15) is 0 Å². The lowest BCUT2D eigenvalue weighted by Crippen LogP contribution is -2.55. The average molecular weight is 700 g/mol. The van der Waals surface area contributed by atoms with E-state index in [-0.39, 0.29) is 0 Å². The fourth-order valence-electron chi connectivity index (χ4n) is 8.41. The summed E-state index contributed by atoms with van der Waals surface area (Å²) in [6.07, 6.45) is 0. The molecule has 10 aromatic rings. The second kappa shape index (κ2) is 12.8. The summed E-state index contributed by atoms with van der Waals surface area (Å²) in [6.45, 7) is 0. The van der Waals surface area contributed by atoms with Crippen LogP contribution in [0.15, 0.2) is 144 Å². The molecule has 3 aromatic heterocycles. The molecule has 3 heterocycles. The highest BCUT2D eigenvalue weighted by molar-refractivity contribution is 6.68. The Hall–Kier alpha value is -6.53. The molecule has 0 saturated carbocycles. The van der Waals surface area contributed by atoms with Gasteiger partial charge in [-0.15, -0.1) is 16.4 Å². The highest BCUT2D eigenvalue weighted by Gasteiger charge is 2.20. The minimum absolute atomic E-state index is 0.606. The quantitative estimate of drug-likeness (QED) is 0.260. The Balaban J connectivity index is 1.18. The molecule has 0 aliphatic carbocycles. The number of aromatic nitrogens is 4. The predicted octanol–water partition coefficient (Wildman–Crippen LogP) is 2.83. The van der Waals surface area contributed by atoms with Crippen molar-refractivity contribution in [3.8, 4) is 51.0 Å². The van der Waals surface area contributed by atoms with Crippen LogP contribution in [-0.2, 0) is 0 Å². The third kappa shape index (κ3) is 5.27. The molecule has 0 atom stereocenters. The molecule has 10 heteroatoms. The van der Waals surface area contributed by atoms with Crippen LogP contribution in [0.4, 0.5) is 0 Å². The first kappa shape index (κ1) is 33.1. The van der Waals surface area contributed by atoms with Crippen LogP contribution in [0.25, 0.3) is 94.7 Å². The molecule has 5 nitrogen and oxygen atoms in total. The molecule has 254 valence electrons. The van der Waals surface area contributed by atoms with E-state index < -0.39 is 0 Å². The first-order valence-electron chi connectivity index (χ1n) is 18.8. The topological polar surface area (TPSA) is 56.7 Å². The lowest BCUT2D eigenvalue weighted by molar-refractivity contribution is 0.669. The maximum atomic E-state index is 6.52. The van der Waals surface area contributed by atoms with Gasteiger partial charge < -0.3 is 8.98 Å². The highest BCUT2D eigenvalue weighted by atomic mass is 16.3. The third-order valence-electron chi connectivity index (χ3n) is 11.6. The van der Waals surface area contributed by atoms with E-state index in [0.717, 1.165) is 60.9 Å². The summed E-state index contributed by atoms with van der Waals surface area (Å²) in [5, 5.41) is 4.49. The van der Waals surface area contributed by atoms with Crippen LogP contribution in [0.3, 0.4) is 0 Å². The zero-order valence-corrected chi connectivity index (χ0v) is 31.5. The summed E-state index contributed by atoms with van der Waals surface area (Å²) in [7, 11) is 11.1. The molecular formula is C45H33B5N4O. The van der Waals surface area contributed by atoms with E-state index in [4.69, 9.17) is 19.4 Å². The molecule has 0 N–H and O–H groups in total. The molecule has 0 aliphatic heterocycles. The molecule has 0 fully saturated rings. The van der Waals surface area contributed by atoms with Gasteiger partial charge in [0.15, 0.2) is 17.5 Å². The Morgan fingerprint density at radius 3 is 1.60 bits per heavy atom. The molecule has 0 bridgehead atoms. The number of benzene rings is 7. The van der Waals surface area contributed by atoms with Crippen molar-refractivity contribution in [2.24, 2.45) is 0 Å². The van der Waals surface area contributed by atoms with Crippen molar-refractivity contribution in [2.45, 2.75) is 0 Å². The molecule has 7 aromatic carbocycles. The van der Waals surface area contributed by atoms with Gasteiger partial charge in [-0.05, 0) is 59.7 Å². The van der Waals surface area contributed by atoms with Crippen LogP contribution >= 0.6 is 0 Å². The third-order valence-corrected chi connectivity index (χ3v) is 11.6. The van der Waals surface area contributed by atoms with E-state index in [1.807, 2.05) is 30.3 Å². The predicted molar refractivity (Wildman–Crippen MR) is 244 cm³/mol. The Morgan fingerprint density at radius 1 is 0.400 bits per heavy atom. The number of fused-ring (bicyclic) bond motifs is 6. The molecule has 0 saturated heterocycles. The Morgan fingerprint density at radius 2 is 0.927 bits per heavy atom. The number of hydrogen-bond acceptors (Lipinski definition) is 4. The van der Waals surface area contributed by atoms with E-state index in [0.29, 0.717) is 17.5 Å². The lowest BCUT2D eigenvalue weighted by Gasteiger charge is -2.20. The normalized spacial score (nSPS) is 11.6. The van der Waals surface area contributed by atoms with E-state index >= 15 is 0 Å². The number of rotatable bonds is 5. The van der Waals surface area contributed by atoms with Gasteiger partial charge in [-0.3, -0.25) is 0 Å². The van der Waals surface area contributed by atoms with Crippen molar-refractivity contribution in [2.75, 3.05) is 0 Å². The van der Waals surface area contributed by atoms with Gasteiger partial charge in [0.05, 0.1) is 22.1 Å². The van der Waals surface area contributed by atoms with Crippen LogP contribution < -0.4 is 27.3 Å². The van der Waals surface area contributed by atoms with Gasteiger partial charge in [-0.25, -0.2) is 15.0 Å². The average Bonchev–Trinajstić information content (AvgIpc) is 3.78. The number of hydrogen-bond donors (Lipinski definition) is 0. The minimum Gasteiger partial charge on any atom is -0.456 e. The van der Waals surface area contributed by atoms with Crippen LogP contribution in [-0.4, -0.2) is 58.8 Å². The first-order chi connectivity index (χ1) is 26.9. The summed E-state index contributed by atoms with van der Waals surface area (Å²) in [4.78, 5) is 15.4. The number of furan rings is 1. The Bertz CT molecular complexity index is 3090. The molecule has 0 unspecified atom stereocenters. The summed E-state index contributed by atoms with van der Waals surface area (Å²) >= 11 is 0. The minimum atomic E-state index is 0.606. The molecule has 0 spiro atoms. The maximum absolute atomic E-state index is 6.52. The van der Waals surface area contributed by atoms with Crippen molar-refractivity contribution in [3.05, 3.63) is 140 Å². The van der Waals surface area contributed by atoms with Crippen molar-refractivity contribution in [1.82, 2.24) is 19.5 Å².